The van der Waals surface area contributed by atoms with Crippen LogP contribution in [-0.2, 0) is 0 Å². The van der Waals surface area contributed by atoms with E-state index in [1.165, 1.54) is 11.3 Å². The number of hydrogen-bond donors (Lipinski definition) is 1. The summed E-state index contributed by atoms with van der Waals surface area (Å²) in [4.78, 5) is 14.8. The number of aryl methyl sites for hydroxylation is 1. The van der Waals surface area contributed by atoms with Gasteiger partial charge in [0, 0.05) is 17.6 Å². The van der Waals surface area contributed by atoms with Crippen LogP contribution in [0.5, 0.6) is 0 Å². The summed E-state index contributed by atoms with van der Waals surface area (Å²) in [7, 11) is 0. The monoisotopic (exact) mass is 263 g/mol. The molecule has 0 spiro atoms. The Bertz CT molecular complexity index is 554. The highest BCUT2D eigenvalue weighted by atomic mass is 32.1. The van der Waals surface area contributed by atoms with Gasteiger partial charge in [-0.1, -0.05) is 6.07 Å². The van der Waals surface area contributed by atoms with Gasteiger partial charge >= 0.3 is 0 Å². The Hall–Kier alpha value is -1.95. The summed E-state index contributed by atoms with van der Waals surface area (Å²) >= 11 is 1.52. The second-order valence-electron chi connectivity index (χ2n) is 4.01. The van der Waals surface area contributed by atoms with Crippen molar-refractivity contribution in [3.05, 3.63) is 50.5 Å². The number of nitrogens with zero attached hydrogens (tertiary/aromatic N) is 2. The minimum Gasteiger partial charge on any atom is -0.371 e. The average molecular weight is 263 g/mol. The van der Waals surface area contributed by atoms with Gasteiger partial charge in [0.25, 0.3) is 5.69 Å². The summed E-state index contributed by atoms with van der Waals surface area (Å²) in [5.74, 6) is 0. The predicted molar refractivity (Wildman–Crippen MR) is 72.0 cm³/mol. The van der Waals surface area contributed by atoms with E-state index in [0.717, 1.165) is 10.6 Å². The van der Waals surface area contributed by atoms with E-state index in [-0.39, 0.29) is 16.7 Å². The summed E-state index contributed by atoms with van der Waals surface area (Å²) in [6.45, 7) is 3.77. The van der Waals surface area contributed by atoms with Crippen LogP contribution in [0.1, 0.15) is 23.5 Å². The van der Waals surface area contributed by atoms with Crippen LogP contribution in [0.15, 0.2) is 29.8 Å². The first-order chi connectivity index (χ1) is 8.58. The van der Waals surface area contributed by atoms with E-state index >= 15 is 0 Å². The predicted octanol–water partition coefficient (Wildman–Crippen LogP) is 3.53. The quantitative estimate of drug-likeness (QED) is 0.676. The van der Waals surface area contributed by atoms with Gasteiger partial charge in [-0.3, -0.25) is 10.1 Å². The van der Waals surface area contributed by atoms with Gasteiger partial charge in [0.1, 0.15) is 10.7 Å². The molecule has 1 N–H and O–H groups in total. The molecular formula is C12H13N3O2S. The summed E-state index contributed by atoms with van der Waals surface area (Å²) in [6.07, 6.45) is 1.72. The molecule has 94 valence electrons. The molecule has 0 saturated carbocycles. The molecule has 5 nitrogen and oxygen atoms in total. The van der Waals surface area contributed by atoms with E-state index in [1.807, 2.05) is 25.3 Å². The molecule has 0 bridgehead atoms. The Kier molecular flexibility index (Phi) is 3.57. The number of hydrogen-bond acceptors (Lipinski definition) is 5. The Morgan fingerprint density at radius 2 is 2.28 bits per heavy atom. The van der Waals surface area contributed by atoms with Crippen molar-refractivity contribution in [2.45, 2.75) is 19.9 Å². The van der Waals surface area contributed by atoms with E-state index in [9.17, 15) is 10.1 Å². The third-order valence-corrected chi connectivity index (χ3v) is 3.50. The number of benzene rings is 1. The normalized spacial score (nSPS) is 12.1. The maximum atomic E-state index is 11.0. The molecule has 1 aromatic carbocycles. The zero-order chi connectivity index (χ0) is 13.1. The number of thiazole rings is 1. The van der Waals surface area contributed by atoms with E-state index in [2.05, 4.69) is 10.3 Å². The maximum Gasteiger partial charge on any atom is 0.292 e. The van der Waals surface area contributed by atoms with Gasteiger partial charge in [-0.15, -0.1) is 11.3 Å². The van der Waals surface area contributed by atoms with Crippen molar-refractivity contribution in [1.82, 2.24) is 4.98 Å². The fraction of sp³-hybridized carbons (Fsp3) is 0.250. The van der Waals surface area contributed by atoms with Gasteiger partial charge in [0.15, 0.2) is 0 Å². The first-order valence-corrected chi connectivity index (χ1v) is 6.37. The number of nitro benzene ring substituents is 1. The third kappa shape index (κ3) is 2.65. The van der Waals surface area contributed by atoms with Crippen LogP contribution in [-0.4, -0.2) is 9.91 Å². The topological polar surface area (TPSA) is 68.1 Å². The highest BCUT2D eigenvalue weighted by molar-refractivity contribution is 7.09. The van der Waals surface area contributed by atoms with Crippen molar-refractivity contribution in [2.24, 2.45) is 0 Å². The number of nitrogens with one attached hydrogen (secondary N) is 1. The summed E-state index contributed by atoms with van der Waals surface area (Å²) in [6, 6.07) is 5.10. The van der Waals surface area contributed by atoms with E-state index in [4.69, 9.17) is 0 Å². The molecule has 0 saturated heterocycles. The van der Waals surface area contributed by atoms with Crippen LogP contribution in [0.25, 0.3) is 0 Å². The van der Waals surface area contributed by atoms with E-state index in [1.54, 1.807) is 18.3 Å². The summed E-state index contributed by atoms with van der Waals surface area (Å²) in [5, 5.41) is 16.9. The van der Waals surface area contributed by atoms with Gasteiger partial charge in [-0.25, -0.2) is 4.98 Å². The molecule has 0 amide bonds. The lowest BCUT2D eigenvalue weighted by atomic mass is 10.2. The minimum absolute atomic E-state index is 0.0496. The van der Waals surface area contributed by atoms with Gasteiger partial charge in [-0.05, 0) is 25.5 Å². The van der Waals surface area contributed by atoms with Crippen LogP contribution in [0.4, 0.5) is 11.4 Å². The van der Waals surface area contributed by atoms with Crippen LogP contribution in [0.2, 0.25) is 0 Å². The molecule has 1 aromatic heterocycles. The summed E-state index contributed by atoms with van der Waals surface area (Å²) in [5.41, 5.74) is 1.49. The lowest BCUT2D eigenvalue weighted by Crippen LogP contribution is -2.08. The largest absolute Gasteiger partial charge is 0.371 e. The van der Waals surface area contributed by atoms with Gasteiger partial charge in [0.05, 0.1) is 11.0 Å². The number of aromatic nitrogens is 1. The second kappa shape index (κ2) is 5.14. The fourth-order valence-electron chi connectivity index (χ4n) is 1.66. The van der Waals surface area contributed by atoms with Crippen molar-refractivity contribution in [3.63, 3.8) is 0 Å². The zero-order valence-electron chi connectivity index (χ0n) is 10.1. The molecule has 18 heavy (non-hydrogen) atoms. The molecule has 1 atom stereocenters. The highest BCUT2D eigenvalue weighted by Crippen LogP contribution is 2.29. The van der Waals surface area contributed by atoms with E-state index in [0.29, 0.717) is 5.69 Å². The van der Waals surface area contributed by atoms with Crippen LogP contribution in [0, 0.1) is 17.0 Å². The maximum absolute atomic E-state index is 11.0. The Morgan fingerprint density at radius 3 is 2.89 bits per heavy atom. The first-order valence-electron chi connectivity index (χ1n) is 5.49. The van der Waals surface area contributed by atoms with Crippen LogP contribution in [0.3, 0.4) is 0 Å². The standard InChI is InChI=1S/C12H13N3O2S/c1-8-3-4-10(11(7-8)15(16)17)14-9(2)12-13-5-6-18-12/h3-7,9,14H,1-2H3. The molecule has 0 aliphatic rings. The number of anilines is 1. The molecular weight excluding hydrogens is 250 g/mol. The summed E-state index contributed by atoms with van der Waals surface area (Å²) < 4.78 is 0. The van der Waals surface area contributed by atoms with Crippen molar-refractivity contribution in [2.75, 3.05) is 5.32 Å². The van der Waals surface area contributed by atoms with Crippen molar-refractivity contribution in [1.29, 1.82) is 0 Å². The number of rotatable bonds is 4. The number of nitro groups is 1. The third-order valence-electron chi connectivity index (χ3n) is 2.54. The zero-order valence-corrected chi connectivity index (χ0v) is 10.9. The molecule has 2 aromatic rings. The molecule has 2 rings (SSSR count). The molecule has 0 fully saturated rings. The van der Waals surface area contributed by atoms with Crippen molar-refractivity contribution in [3.8, 4) is 0 Å². The SMILES string of the molecule is Cc1ccc(NC(C)c2nccs2)c([N+](=O)[O-])c1. The first kappa shape index (κ1) is 12.5. The molecule has 1 unspecified atom stereocenters. The molecule has 1 heterocycles. The highest BCUT2D eigenvalue weighted by Gasteiger charge is 2.16. The molecule has 0 radical (unpaired) electrons. The Morgan fingerprint density at radius 1 is 1.50 bits per heavy atom. The van der Waals surface area contributed by atoms with Crippen LogP contribution < -0.4 is 5.32 Å². The smallest absolute Gasteiger partial charge is 0.292 e. The molecule has 0 aliphatic carbocycles. The molecule has 6 heteroatoms. The lowest BCUT2D eigenvalue weighted by Gasteiger charge is -2.13. The molecule has 0 aliphatic heterocycles. The van der Waals surface area contributed by atoms with Crippen molar-refractivity contribution >= 4 is 22.7 Å². The van der Waals surface area contributed by atoms with Gasteiger partial charge < -0.3 is 5.32 Å². The van der Waals surface area contributed by atoms with Gasteiger partial charge in [-0.2, -0.15) is 0 Å². The average Bonchev–Trinajstić information content (AvgIpc) is 2.84. The lowest BCUT2D eigenvalue weighted by molar-refractivity contribution is -0.384. The Balaban J connectivity index is 2.26. The van der Waals surface area contributed by atoms with E-state index < -0.39 is 0 Å². The van der Waals surface area contributed by atoms with Crippen molar-refractivity contribution < 1.29 is 4.92 Å². The van der Waals surface area contributed by atoms with Gasteiger partial charge in [0.2, 0.25) is 0 Å². The second-order valence-corrected chi connectivity index (χ2v) is 4.94. The fourth-order valence-corrected chi connectivity index (χ4v) is 2.30. The Labute approximate surface area is 109 Å². The minimum atomic E-state index is -0.371. The van der Waals surface area contributed by atoms with Crippen LogP contribution >= 0.6 is 11.3 Å².